The van der Waals surface area contributed by atoms with Gasteiger partial charge in [-0.1, -0.05) is 0 Å². The third kappa shape index (κ3) is 3.57. The van der Waals surface area contributed by atoms with Crippen LogP contribution < -0.4 is 10.6 Å². The second-order valence-electron chi connectivity index (χ2n) is 5.47. The van der Waals surface area contributed by atoms with Gasteiger partial charge in [-0.2, -0.15) is 4.39 Å². The van der Waals surface area contributed by atoms with Gasteiger partial charge in [0.1, 0.15) is 5.69 Å². The van der Waals surface area contributed by atoms with Crippen molar-refractivity contribution in [2.75, 3.05) is 18.4 Å². The number of halogens is 1. The molecule has 7 nitrogen and oxygen atoms in total. The maximum atomic E-state index is 13.3. The first kappa shape index (κ1) is 16.5. The molecule has 1 aliphatic rings. The predicted molar refractivity (Wildman–Crippen MR) is 88.0 cm³/mol. The highest BCUT2D eigenvalue weighted by atomic mass is 32.1. The Labute approximate surface area is 141 Å². The summed E-state index contributed by atoms with van der Waals surface area (Å²) in [5.41, 5.74) is -0.258. The van der Waals surface area contributed by atoms with Crippen LogP contribution in [0.4, 0.5) is 15.8 Å². The molecule has 2 heterocycles. The topological polar surface area (TPSA) is 97.2 Å². The van der Waals surface area contributed by atoms with E-state index in [9.17, 15) is 19.3 Å². The molecule has 1 aromatic heterocycles. The number of nitro groups is 1. The van der Waals surface area contributed by atoms with E-state index in [1.165, 1.54) is 17.4 Å². The summed E-state index contributed by atoms with van der Waals surface area (Å²) in [7, 11) is 0. The maximum Gasteiger partial charge on any atom is 0.306 e. The minimum absolute atomic E-state index is 0.157. The fourth-order valence-electron chi connectivity index (χ4n) is 2.57. The van der Waals surface area contributed by atoms with Crippen LogP contribution in [0.25, 0.3) is 0 Å². The molecule has 9 heteroatoms. The molecule has 126 valence electrons. The third-order valence-electron chi connectivity index (χ3n) is 3.84. The highest BCUT2D eigenvalue weighted by Crippen LogP contribution is 2.28. The Hall–Kier alpha value is -2.39. The van der Waals surface area contributed by atoms with Gasteiger partial charge in [0.2, 0.25) is 5.82 Å². The highest BCUT2D eigenvalue weighted by molar-refractivity contribution is 7.09. The molecule has 0 spiro atoms. The van der Waals surface area contributed by atoms with Gasteiger partial charge in [0.15, 0.2) is 0 Å². The number of carbonyl (C=O) groups excluding carboxylic acids is 1. The van der Waals surface area contributed by atoms with Crippen molar-refractivity contribution in [3.63, 3.8) is 0 Å². The van der Waals surface area contributed by atoms with E-state index in [0.29, 0.717) is 5.92 Å². The quantitative estimate of drug-likeness (QED) is 0.653. The molecule has 2 aromatic rings. The van der Waals surface area contributed by atoms with Crippen LogP contribution in [0.1, 0.15) is 34.3 Å². The van der Waals surface area contributed by atoms with E-state index < -0.39 is 22.3 Å². The van der Waals surface area contributed by atoms with E-state index in [1.807, 2.05) is 0 Å². The molecule has 3 rings (SSSR count). The SMILES string of the molecule is O=C(Nc1ccc(F)c([N+](=O)[O-])c1)c1csc(C2CCNCC2)n1. The Morgan fingerprint density at radius 3 is 2.88 bits per heavy atom. The zero-order valence-corrected chi connectivity index (χ0v) is 13.4. The number of hydrogen-bond acceptors (Lipinski definition) is 6. The molecular weight excluding hydrogens is 335 g/mol. The summed E-state index contributed by atoms with van der Waals surface area (Å²) in [6.45, 7) is 1.87. The van der Waals surface area contributed by atoms with Gasteiger partial charge < -0.3 is 10.6 Å². The Balaban J connectivity index is 1.72. The lowest BCUT2D eigenvalue weighted by Crippen LogP contribution is -2.26. The number of carbonyl (C=O) groups is 1. The molecule has 0 aliphatic carbocycles. The molecule has 1 saturated heterocycles. The second-order valence-corrected chi connectivity index (χ2v) is 6.36. The molecule has 0 atom stereocenters. The summed E-state index contributed by atoms with van der Waals surface area (Å²) in [6, 6.07) is 3.23. The fraction of sp³-hybridized carbons (Fsp3) is 0.333. The first-order chi connectivity index (χ1) is 11.5. The van der Waals surface area contributed by atoms with E-state index in [1.54, 1.807) is 5.38 Å². The maximum absolute atomic E-state index is 13.3. The van der Waals surface area contributed by atoms with Gasteiger partial charge in [-0.05, 0) is 38.1 Å². The van der Waals surface area contributed by atoms with Crippen LogP contribution in [-0.2, 0) is 0 Å². The van der Waals surface area contributed by atoms with Gasteiger partial charge in [0.25, 0.3) is 5.91 Å². The monoisotopic (exact) mass is 350 g/mol. The molecule has 1 aromatic carbocycles. The number of rotatable bonds is 4. The molecule has 2 N–H and O–H groups in total. The number of nitrogens with one attached hydrogen (secondary N) is 2. The molecule has 24 heavy (non-hydrogen) atoms. The molecule has 0 saturated carbocycles. The van der Waals surface area contributed by atoms with E-state index in [2.05, 4.69) is 15.6 Å². The van der Waals surface area contributed by atoms with Gasteiger partial charge in [0.05, 0.1) is 9.93 Å². The Morgan fingerprint density at radius 1 is 1.42 bits per heavy atom. The summed E-state index contributed by atoms with van der Waals surface area (Å²) in [4.78, 5) is 26.5. The number of amides is 1. The predicted octanol–water partition coefficient (Wildman–Crippen LogP) is 2.91. The first-order valence-corrected chi connectivity index (χ1v) is 8.34. The zero-order chi connectivity index (χ0) is 17.1. The lowest BCUT2D eigenvalue weighted by Gasteiger charge is -2.20. The van der Waals surface area contributed by atoms with E-state index in [-0.39, 0.29) is 11.4 Å². The number of nitro benzene ring substituents is 1. The van der Waals surface area contributed by atoms with Gasteiger partial charge in [-0.25, -0.2) is 4.98 Å². The Morgan fingerprint density at radius 2 is 2.17 bits per heavy atom. The minimum Gasteiger partial charge on any atom is -0.320 e. The molecular formula is C15H15FN4O3S. The van der Waals surface area contributed by atoms with Crippen molar-refractivity contribution in [2.24, 2.45) is 0 Å². The van der Waals surface area contributed by atoms with Crippen LogP contribution >= 0.6 is 11.3 Å². The minimum atomic E-state index is -0.945. The molecule has 0 radical (unpaired) electrons. The number of thiazole rings is 1. The second kappa shape index (κ2) is 7.02. The van der Waals surface area contributed by atoms with E-state index in [0.717, 1.165) is 43.1 Å². The number of piperidine rings is 1. The van der Waals surface area contributed by atoms with Crippen LogP contribution in [0.5, 0.6) is 0 Å². The summed E-state index contributed by atoms with van der Waals surface area (Å²) in [6.07, 6.45) is 1.97. The summed E-state index contributed by atoms with van der Waals surface area (Å²) in [5.74, 6) is -1.06. The van der Waals surface area contributed by atoms with E-state index >= 15 is 0 Å². The number of aromatic nitrogens is 1. The van der Waals surface area contributed by atoms with Crippen LogP contribution in [0.15, 0.2) is 23.6 Å². The number of nitrogens with zero attached hydrogens (tertiary/aromatic N) is 2. The van der Waals surface area contributed by atoms with Crippen molar-refractivity contribution in [1.29, 1.82) is 0 Å². The first-order valence-electron chi connectivity index (χ1n) is 7.46. The van der Waals surface area contributed by atoms with Crippen LogP contribution in [0.3, 0.4) is 0 Å². The van der Waals surface area contributed by atoms with Crippen LogP contribution in [-0.4, -0.2) is 28.9 Å². The zero-order valence-electron chi connectivity index (χ0n) is 12.6. The third-order valence-corrected chi connectivity index (χ3v) is 4.85. The van der Waals surface area contributed by atoms with Crippen molar-refractivity contribution in [2.45, 2.75) is 18.8 Å². The van der Waals surface area contributed by atoms with Crippen LogP contribution in [0.2, 0.25) is 0 Å². The Bertz CT molecular complexity index is 774. The largest absolute Gasteiger partial charge is 0.320 e. The summed E-state index contributed by atoms with van der Waals surface area (Å²) >= 11 is 1.44. The lowest BCUT2D eigenvalue weighted by atomic mass is 9.99. The van der Waals surface area contributed by atoms with Crippen molar-refractivity contribution >= 4 is 28.6 Å². The van der Waals surface area contributed by atoms with Gasteiger partial charge in [0, 0.05) is 23.1 Å². The average molecular weight is 350 g/mol. The van der Waals surface area contributed by atoms with Crippen molar-refractivity contribution < 1.29 is 14.1 Å². The Kier molecular flexibility index (Phi) is 4.81. The van der Waals surface area contributed by atoms with Crippen molar-refractivity contribution in [3.05, 3.63) is 50.2 Å². The number of hydrogen-bond donors (Lipinski definition) is 2. The molecule has 0 unspecified atom stereocenters. The lowest BCUT2D eigenvalue weighted by molar-refractivity contribution is -0.387. The standard InChI is InChI=1S/C15H15FN4O3S/c16-11-2-1-10(7-13(11)20(22)23)18-14(21)12-8-24-15(19-12)9-3-5-17-6-4-9/h1-2,7-9,17H,3-6H2,(H,18,21). The molecule has 0 bridgehead atoms. The molecule has 1 fully saturated rings. The smallest absolute Gasteiger partial charge is 0.306 e. The fourth-order valence-corrected chi connectivity index (χ4v) is 3.55. The van der Waals surface area contributed by atoms with Crippen molar-refractivity contribution in [1.82, 2.24) is 10.3 Å². The number of benzene rings is 1. The summed E-state index contributed by atoms with van der Waals surface area (Å²) in [5, 5.41) is 19.1. The number of anilines is 1. The van der Waals surface area contributed by atoms with Crippen LogP contribution in [0, 0.1) is 15.9 Å². The molecule has 1 amide bonds. The van der Waals surface area contributed by atoms with Crippen molar-refractivity contribution in [3.8, 4) is 0 Å². The highest BCUT2D eigenvalue weighted by Gasteiger charge is 2.21. The average Bonchev–Trinajstić information content (AvgIpc) is 3.07. The molecule has 1 aliphatic heterocycles. The normalized spacial score (nSPS) is 15.2. The summed E-state index contributed by atoms with van der Waals surface area (Å²) < 4.78 is 13.3. The van der Waals surface area contributed by atoms with Gasteiger partial charge in [-0.3, -0.25) is 14.9 Å². The van der Waals surface area contributed by atoms with E-state index in [4.69, 9.17) is 0 Å². The van der Waals surface area contributed by atoms with Gasteiger partial charge in [-0.15, -0.1) is 11.3 Å². The van der Waals surface area contributed by atoms with Gasteiger partial charge >= 0.3 is 5.69 Å².